The zero-order valence-electron chi connectivity index (χ0n) is 13.0. The molecule has 0 radical (unpaired) electrons. The van der Waals surface area contributed by atoms with E-state index in [-0.39, 0.29) is 9.79 Å². The van der Waals surface area contributed by atoms with Crippen molar-refractivity contribution >= 4 is 20.0 Å². The first-order valence-corrected chi connectivity index (χ1v) is 10.7. The summed E-state index contributed by atoms with van der Waals surface area (Å²) in [4.78, 5) is -0.329. The summed E-state index contributed by atoms with van der Waals surface area (Å²) < 4.78 is 61.3. The number of hydrogen-bond donors (Lipinski definition) is 1. The molecule has 0 aromatic heterocycles. The number of rotatable bonds is 4. The van der Waals surface area contributed by atoms with Crippen molar-refractivity contribution in [2.24, 2.45) is 5.14 Å². The Hall–Kier alpha value is -1.04. The Balaban J connectivity index is 1.96. The van der Waals surface area contributed by atoms with Crippen LogP contribution in [0.5, 0.6) is 0 Å². The Morgan fingerprint density at radius 3 is 2.38 bits per heavy atom. The second-order valence-electron chi connectivity index (χ2n) is 5.81. The van der Waals surface area contributed by atoms with Gasteiger partial charge in [0.1, 0.15) is 0 Å². The number of primary sulfonamides is 1. The molecule has 3 rings (SSSR count). The molecule has 0 bridgehead atoms. The molecule has 1 aromatic rings. The minimum Gasteiger partial charge on any atom is -0.349 e. The summed E-state index contributed by atoms with van der Waals surface area (Å²) in [5, 5.41) is 5.10. The van der Waals surface area contributed by atoms with Crippen molar-refractivity contribution < 1.29 is 26.3 Å². The molecule has 24 heavy (non-hydrogen) atoms. The molecule has 0 aliphatic carbocycles. The lowest BCUT2D eigenvalue weighted by molar-refractivity contribution is -0.0913. The topological polar surface area (TPSA) is 116 Å². The summed E-state index contributed by atoms with van der Waals surface area (Å²) in [7, 11) is -7.86. The number of nitrogens with two attached hydrogens (primary N) is 1. The zero-order chi connectivity index (χ0) is 17.4. The summed E-state index contributed by atoms with van der Waals surface area (Å²) in [6, 6.07) is 4.68. The van der Waals surface area contributed by atoms with Gasteiger partial charge in [-0.05, 0) is 31.0 Å². The van der Waals surface area contributed by atoms with E-state index in [1.807, 2.05) is 0 Å². The van der Waals surface area contributed by atoms with Crippen molar-refractivity contribution in [1.82, 2.24) is 4.31 Å². The third kappa shape index (κ3) is 3.48. The van der Waals surface area contributed by atoms with Gasteiger partial charge in [0.15, 0.2) is 6.29 Å². The molecule has 2 N–H and O–H groups in total. The number of piperidine rings is 1. The van der Waals surface area contributed by atoms with Crippen LogP contribution in [0.15, 0.2) is 34.1 Å². The van der Waals surface area contributed by atoms with Crippen LogP contribution < -0.4 is 5.14 Å². The first kappa shape index (κ1) is 17.8. The minimum atomic E-state index is -3.98. The van der Waals surface area contributed by atoms with Gasteiger partial charge in [-0.1, -0.05) is 12.5 Å². The van der Waals surface area contributed by atoms with Gasteiger partial charge in [-0.25, -0.2) is 22.0 Å². The van der Waals surface area contributed by atoms with Gasteiger partial charge in [0, 0.05) is 6.54 Å². The van der Waals surface area contributed by atoms with Crippen LogP contribution in [0.2, 0.25) is 0 Å². The predicted octanol–water partition coefficient (Wildman–Crippen LogP) is 0.250. The van der Waals surface area contributed by atoms with Crippen molar-refractivity contribution in [3.8, 4) is 0 Å². The standard InChI is InChI=1S/C14H20N2O6S2/c15-23(17,18)11-4-3-5-12(10-11)24(19,20)16-7-2-1-6-13(16)14-21-8-9-22-14/h3-5,10,13-14H,1-2,6-9H2,(H2,15,17,18)/t13-/m1/s1. The predicted molar refractivity (Wildman–Crippen MR) is 85.0 cm³/mol. The molecule has 1 aromatic carbocycles. The van der Waals surface area contributed by atoms with Crippen LogP contribution in [0, 0.1) is 0 Å². The van der Waals surface area contributed by atoms with Gasteiger partial charge in [-0.3, -0.25) is 0 Å². The van der Waals surface area contributed by atoms with Gasteiger partial charge in [-0.15, -0.1) is 0 Å². The molecule has 2 aliphatic rings. The Morgan fingerprint density at radius 2 is 1.71 bits per heavy atom. The molecule has 2 fully saturated rings. The van der Waals surface area contributed by atoms with Crippen LogP contribution in [-0.4, -0.2) is 53.2 Å². The molecular formula is C14H20N2O6S2. The monoisotopic (exact) mass is 376 g/mol. The fraction of sp³-hybridized carbons (Fsp3) is 0.571. The van der Waals surface area contributed by atoms with E-state index in [1.54, 1.807) is 0 Å². The van der Waals surface area contributed by atoms with Gasteiger partial charge in [0.25, 0.3) is 0 Å². The van der Waals surface area contributed by atoms with E-state index in [9.17, 15) is 16.8 Å². The van der Waals surface area contributed by atoms with Crippen LogP contribution in [-0.2, 0) is 29.5 Å². The molecule has 8 nitrogen and oxygen atoms in total. The van der Waals surface area contributed by atoms with Crippen molar-refractivity contribution in [1.29, 1.82) is 0 Å². The first-order valence-electron chi connectivity index (χ1n) is 7.68. The van der Waals surface area contributed by atoms with Crippen molar-refractivity contribution in [3.63, 3.8) is 0 Å². The van der Waals surface area contributed by atoms with Gasteiger partial charge in [-0.2, -0.15) is 4.31 Å². The summed E-state index contributed by atoms with van der Waals surface area (Å²) in [6.45, 7) is 1.22. The highest BCUT2D eigenvalue weighted by atomic mass is 32.2. The zero-order valence-corrected chi connectivity index (χ0v) is 14.6. The van der Waals surface area contributed by atoms with E-state index in [4.69, 9.17) is 14.6 Å². The van der Waals surface area contributed by atoms with Gasteiger partial charge < -0.3 is 9.47 Å². The Kier molecular flexibility index (Phi) is 4.96. The fourth-order valence-corrected chi connectivity index (χ4v) is 5.41. The smallest absolute Gasteiger partial charge is 0.243 e. The summed E-state index contributed by atoms with van der Waals surface area (Å²) in [5.41, 5.74) is 0. The SMILES string of the molecule is NS(=O)(=O)c1cccc(S(=O)(=O)N2CCCC[C@@H]2C2OCCO2)c1. The number of ether oxygens (including phenoxy) is 2. The number of nitrogens with zero attached hydrogens (tertiary/aromatic N) is 1. The normalized spacial score (nSPS) is 24.3. The second kappa shape index (κ2) is 6.70. The second-order valence-corrected chi connectivity index (χ2v) is 9.26. The Labute approximate surface area is 141 Å². The average molecular weight is 376 g/mol. The van der Waals surface area contributed by atoms with E-state index < -0.39 is 32.4 Å². The van der Waals surface area contributed by atoms with Crippen LogP contribution in [0.4, 0.5) is 0 Å². The summed E-state index contributed by atoms with van der Waals surface area (Å²) in [6.07, 6.45) is 1.68. The van der Waals surface area contributed by atoms with Crippen LogP contribution in [0.25, 0.3) is 0 Å². The maximum Gasteiger partial charge on any atom is 0.243 e. The Bertz CT molecular complexity index is 802. The van der Waals surface area contributed by atoms with Crippen molar-refractivity contribution in [3.05, 3.63) is 24.3 Å². The minimum absolute atomic E-state index is 0.0982. The number of benzene rings is 1. The molecule has 10 heteroatoms. The number of sulfonamides is 2. The highest BCUT2D eigenvalue weighted by molar-refractivity contribution is 7.90. The van der Waals surface area contributed by atoms with Gasteiger partial charge >= 0.3 is 0 Å². The lowest BCUT2D eigenvalue weighted by atomic mass is 10.0. The van der Waals surface area contributed by atoms with Gasteiger partial charge in [0.05, 0.1) is 29.0 Å². The molecule has 2 aliphatic heterocycles. The van der Waals surface area contributed by atoms with Crippen LogP contribution in [0.3, 0.4) is 0 Å². The molecule has 1 atom stereocenters. The van der Waals surface area contributed by atoms with E-state index in [0.717, 1.165) is 18.9 Å². The molecule has 0 amide bonds. The van der Waals surface area contributed by atoms with E-state index in [0.29, 0.717) is 26.2 Å². The molecule has 0 saturated carbocycles. The first-order chi connectivity index (χ1) is 11.3. The van der Waals surface area contributed by atoms with E-state index >= 15 is 0 Å². The largest absolute Gasteiger partial charge is 0.349 e. The van der Waals surface area contributed by atoms with Crippen LogP contribution in [0.1, 0.15) is 19.3 Å². The van der Waals surface area contributed by atoms with E-state index in [2.05, 4.69) is 0 Å². The highest BCUT2D eigenvalue weighted by Crippen LogP contribution is 2.30. The fourth-order valence-electron chi connectivity index (χ4n) is 3.05. The van der Waals surface area contributed by atoms with Gasteiger partial charge in [0.2, 0.25) is 20.0 Å². The van der Waals surface area contributed by atoms with Crippen LogP contribution >= 0.6 is 0 Å². The Morgan fingerprint density at radius 1 is 1.04 bits per heavy atom. The molecule has 0 spiro atoms. The number of hydrogen-bond acceptors (Lipinski definition) is 6. The third-order valence-electron chi connectivity index (χ3n) is 4.20. The summed E-state index contributed by atoms with van der Waals surface area (Å²) in [5.74, 6) is 0. The maximum absolute atomic E-state index is 13.0. The molecule has 2 heterocycles. The highest BCUT2D eigenvalue weighted by Gasteiger charge is 2.40. The molecule has 2 saturated heterocycles. The maximum atomic E-state index is 13.0. The molecule has 134 valence electrons. The lowest BCUT2D eigenvalue weighted by Gasteiger charge is -2.36. The van der Waals surface area contributed by atoms with Crippen molar-refractivity contribution in [2.45, 2.75) is 41.4 Å². The lowest BCUT2D eigenvalue weighted by Crippen LogP contribution is -2.50. The average Bonchev–Trinajstić information content (AvgIpc) is 3.08. The van der Waals surface area contributed by atoms with E-state index in [1.165, 1.54) is 22.5 Å². The quantitative estimate of drug-likeness (QED) is 0.805. The summed E-state index contributed by atoms with van der Waals surface area (Å²) >= 11 is 0. The van der Waals surface area contributed by atoms with Crippen molar-refractivity contribution in [2.75, 3.05) is 19.8 Å². The molecule has 0 unspecified atom stereocenters. The molecular weight excluding hydrogens is 356 g/mol. The third-order valence-corrected chi connectivity index (χ3v) is 7.03.